The minimum Gasteiger partial charge on any atom is -0.481 e. The molecule has 0 aromatic heterocycles. The van der Waals surface area contributed by atoms with Gasteiger partial charge < -0.3 is 25.5 Å². The van der Waals surface area contributed by atoms with Gasteiger partial charge in [0.25, 0.3) is 0 Å². The summed E-state index contributed by atoms with van der Waals surface area (Å²) < 4.78 is 0. The number of allylic oxidation sites excluding steroid dienone is 2. The average molecular weight is 312 g/mol. The standard InChI is InChI=1S/C9H10O4.C5H10N2O2/c1-9(8(12)13)4-2-3-6(5-9)7(10)11;8-5(9)7-3-1-6-2-4-7/h2-4H,5H2,1H3,(H,10,11)(H,12,13);6H,1-4H2,(H,8,9)/t9-;/m1./s1. The maximum Gasteiger partial charge on any atom is 0.407 e. The van der Waals surface area contributed by atoms with Gasteiger partial charge in [-0.05, 0) is 13.3 Å². The molecule has 8 heteroatoms. The maximum absolute atomic E-state index is 10.8. The third-order valence-electron chi connectivity index (χ3n) is 3.47. The molecule has 1 heterocycles. The number of hydrogen-bond donors (Lipinski definition) is 4. The number of nitrogens with one attached hydrogen (secondary N) is 1. The first-order valence-electron chi connectivity index (χ1n) is 6.80. The Kier molecular flexibility index (Phi) is 6.11. The van der Waals surface area contributed by atoms with Gasteiger partial charge in [-0.25, -0.2) is 9.59 Å². The topological polar surface area (TPSA) is 127 Å². The molecule has 1 fully saturated rings. The summed E-state index contributed by atoms with van der Waals surface area (Å²) in [5.74, 6) is -2.06. The van der Waals surface area contributed by atoms with E-state index in [0.29, 0.717) is 13.1 Å². The predicted molar refractivity (Wildman–Crippen MR) is 77.7 cm³/mol. The molecule has 4 N–H and O–H groups in total. The van der Waals surface area contributed by atoms with E-state index in [-0.39, 0.29) is 12.0 Å². The second kappa shape index (κ2) is 7.60. The number of nitrogens with zero attached hydrogens (tertiary/aromatic N) is 1. The fourth-order valence-electron chi connectivity index (χ4n) is 2.04. The molecule has 1 aliphatic carbocycles. The number of rotatable bonds is 2. The lowest BCUT2D eigenvalue weighted by atomic mass is 9.80. The van der Waals surface area contributed by atoms with Crippen molar-refractivity contribution in [3.8, 4) is 0 Å². The van der Waals surface area contributed by atoms with E-state index in [0.717, 1.165) is 13.1 Å². The molecule has 8 nitrogen and oxygen atoms in total. The van der Waals surface area contributed by atoms with Crippen molar-refractivity contribution in [3.05, 3.63) is 23.8 Å². The summed E-state index contributed by atoms with van der Waals surface area (Å²) >= 11 is 0. The monoisotopic (exact) mass is 312 g/mol. The summed E-state index contributed by atoms with van der Waals surface area (Å²) in [6.07, 6.45) is 3.63. The van der Waals surface area contributed by atoms with Crippen LogP contribution >= 0.6 is 0 Å². The van der Waals surface area contributed by atoms with Gasteiger partial charge in [-0.1, -0.05) is 18.2 Å². The Morgan fingerprint density at radius 2 is 1.77 bits per heavy atom. The van der Waals surface area contributed by atoms with Crippen LogP contribution in [0.15, 0.2) is 23.8 Å². The number of carbonyl (C=O) groups is 3. The molecule has 0 aromatic rings. The zero-order valence-electron chi connectivity index (χ0n) is 12.3. The van der Waals surface area contributed by atoms with Crippen LogP contribution < -0.4 is 5.32 Å². The zero-order valence-corrected chi connectivity index (χ0v) is 12.3. The second-order valence-corrected chi connectivity index (χ2v) is 5.28. The molecule has 22 heavy (non-hydrogen) atoms. The summed E-state index contributed by atoms with van der Waals surface area (Å²) in [6, 6.07) is 0. The van der Waals surface area contributed by atoms with Gasteiger partial charge in [0, 0.05) is 31.8 Å². The lowest BCUT2D eigenvalue weighted by molar-refractivity contribution is -0.145. The first-order valence-corrected chi connectivity index (χ1v) is 6.80. The van der Waals surface area contributed by atoms with Crippen molar-refractivity contribution in [1.82, 2.24) is 10.2 Å². The Morgan fingerprint density at radius 3 is 2.18 bits per heavy atom. The van der Waals surface area contributed by atoms with E-state index in [1.54, 1.807) is 0 Å². The first-order chi connectivity index (χ1) is 10.3. The lowest BCUT2D eigenvalue weighted by Crippen LogP contribution is -2.45. The zero-order chi connectivity index (χ0) is 16.8. The number of aliphatic carboxylic acids is 2. The van der Waals surface area contributed by atoms with Crippen LogP contribution in [0.5, 0.6) is 0 Å². The number of piperazine rings is 1. The highest BCUT2D eigenvalue weighted by molar-refractivity contribution is 5.90. The minimum atomic E-state index is -1.08. The van der Waals surface area contributed by atoms with E-state index in [1.807, 2.05) is 0 Å². The Morgan fingerprint density at radius 1 is 1.18 bits per heavy atom. The van der Waals surface area contributed by atoms with E-state index in [4.69, 9.17) is 15.3 Å². The van der Waals surface area contributed by atoms with Crippen LogP contribution in [0.3, 0.4) is 0 Å². The molecule has 1 saturated heterocycles. The van der Waals surface area contributed by atoms with Crippen molar-refractivity contribution in [2.75, 3.05) is 26.2 Å². The highest BCUT2D eigenvalue weighted by Gasteiger charge is 2.34. The Balaban J connectivity index is 0.000000235. The van der Waals surface area contributed by atoms with Crippen LogP contribution in [-0.2, 0) is 9.59 Å². The van der Waals surface area contributed by atoms with Gasteiger partial charge in [-0.2, -0.15) is 0 Å². The molecule has 1 aliphatic heterocycles. The predicted octanol–water partition coefficient (Wildman–Crippen LogP) is 0.618. The lowest BCUT2D eigenvalue weighted by Gasteiger charge is -2.23. The van der Waals surface area contributed by atoms with Gasteiger partial charge in [-0.15, -0.1) is 0 Å². The molecule has 0 radical (unpaired) electrons. The van der Waals surface area contributed by atoms with E-state index in [2.05, 4.69) is 5.32 Å². The Labute approximate surface area is 127 Å². The highest BCUT2D eigenvalue weighted by Crippen LogP contribution is 2.31. The Hall–Kier alpha value is -2.35. The van der Waals surface area contributed by atoms with Crippen LogP contribution in [0.2, 0.25) is 0 Å². The smallest absolute Gasteiger partial charge is 0.407 e. The van der Waals surface area contributed by atoms with Crippen molar-refractivity contribution in [2.45, 2.75) is 13.3 Å². The van der Waals surface area contributed by atoms with Crippen molar-refractivity contribution < 1.29 is 29.7 Å². The number of carboxylic acids is 2. The van der Waals surface area contributed by atoms with Gasteiger partial charge in [0.05, 0.1) is 5.41 Å². The summed E-state index contributed by atoms with van der Waals surface area (Å²) in [4.78, 5) is 33.0. The quantitative estimate of drug-likeness (QED) is 0.588. The first kappa shape index (κ1) is 17.7. The SMILES string of the molecule is C[C@@]1(C(=O)O)C=CC=C(C(=O)O)C1.O=C(O)N1CCNCC1. The molecule has 2 aliphatic rings. The number of carboxylic acid groups (broad SMARTS) is 3. The van der Waals surface area contributed by atoms with Crippen LogP contribution in [0.1, 0.15) is 13.3 Å². The van der Waals surface area contributed by atoms with E-state index < -0.39 is 23.4 Å². The molecule has 0 bridgehead atoms. The molecule has 0 saturated carbocycles. The molecule has 2 rings (SSSR count). The van der Waals surface area contributed by atoms with Gasteiger partial charge in [0.1, 0.15) is 0 Å². The highest BCUT2D eigenvalue weighted by atomic mass is 16.4. The van der Waals surface area contributed by atoms with Gasteiger partial charge in [-0.3, -0.25) is 4.79 Å². The molecule has 0 aromatic carbocycles. The fourth-order valence-corrected chi connectivity index (χ4v) is 2.04. The van der Waals surface area contributed by atoms with Crippen LogP contribution in [0.4, 0.5) is 4.79 Å². The largest absolute Gasteiger partial charge is 0.481 e. The third-order valence-corrected chi connectivity index (χ3v) is 3.47. The minimum absolute atomic E-state index is 0.0359. The number of amides is 1. The van der Waals surface area contributed by atoms with Gasteiger partial charge in [0.2, 0.25) is 0 Å². The van der Waals surface area contributed by atoms with E-state index in [9.17, 15) is 14.4 Å². The fraction of sp³-hybridized carbons (Fsp3) is 0.500. The normalized spacial score (nSPS) is 23.9. The summed E-state index contributed by atoms with van der Waals surface area (Å²) in [7, 11) is 0. The van der Waals surface area contributed by atoms with Crippen LogP contribution in [0.25, 0.3) is 0 Å². The van der Waals surface area contributed by atoms with Crippen molar-refractivity contribution in [1.29, 1.82) is 0 Å². The third kappa shape index (κ3) is 4.88. The van der Waals surface area contributed by atoms with Crippen molar-refractivity contribution >= 4 is 18.0 Å². The molecule has 1 amide bonds. The Bertz CT molecular complexity index is 507. The van der Waals surface area contributed by atoms with E-state index in [1.165, 1.54) is 30.1 Å². The summed E-state index contributed by atoms with van der Waals surface area (Å²) in [6.45, 7) is 4.31. The molecule has 0 spiro atoms. The summed E-state index contributed by atoms with van der Waals surface area (Å²) in [5.41, 5.74) is -0.949. The molecular weight excluding hydrogens is 292 g/mol. The van der Waals surface area contributed by atoms with Crippen LogP contribution in [0, 0.1) is 5.41 Å². The molecule has 1 atom stereocenters. The van der Waals surface area contributed by atoms with Crippen LogP contribution in [-0.4, -0.2) is 64.4 Å². The van der Waals surface area contributed by atoms with Crippen molar-refractivity contribution in [3.63, 3.8) is 0 Å². The molecule has 122 valence electrons. The summed E-state index contributed by atoms with van der Waals surface area (Å²) in [5, 5.41) is 29.0. The molecule has 0 unspecified atom stereocenters. The second-order valence-electron chi connectivity index (χ2n) is 5.28. The average Bonchev–Trinajstić information content (AvgIpc) is 2.48. The van der Waals surface area contributed by atoms with Crippen molar-refractivity contribution in [2.24, 2.45) is 5.41 Å². The van der Waals surface area contributed by atoms with E-state index >= 15 is 0 Å². The van der Waals surface area contributed by atoms with Gasteiger partial charge >= 0.3 is 18.0 Å². The molecular formula is C14H20N2O6. The maximum atomic E-state index is 10.8. The number of hydrogen-bond acceptors (Lipinski definition) is 4. The van der Waals surface area contributed by atoms with Gasteiger partial charge in [0.15, 0.2) is 0 Å².